The summed E-state index contributed by atoms with van der Waals surface area (Å²) in [5.41, 5.74) is 0.631. The quantitative estimate of drug-likeness (QED) is 0.567. The zero-order valence-electron chi connectivity index (χ0n) is 15.4. The van der Waals surface area contributed by atoms with E-state index in [0.29, 0.717) is 29.0 Å². The Balaban J connectivity index is 2.30. The predicted octanol–water partition coefficient (Wildman–Crippen LogP) is 4.07. The molecule has 0 aliphatic rings. The van der Waals surface area contributed by atoms with Gasteiger partial charge in [-0.05, 0) is 52.3 Å². The zero-order valence-corrected chi connectivity index (χ0v) is 17.8. The van der Waals surface area contributed by atoms with Gasteiger partial charge in [-0.3, -0.25) is 9.52 Å². The Morgan fingerprint density at radius 3 is 2.43 bits per heavy atom. The lowest BCUT2D eigenvalue weighted by Gasteiger charge is -2.19. The van der Waals surface area contributed by atoms with Crippen LogP contribution in [-0.2, 0) is 10.0 Å². The Bertz CT molecular complexity index is 979. The summed E-state index contributed by atoms with van der Waals surface area (Å²) >= 11 is 3.32. The van der Waals surface area contributed by atoms with Crippen LogP contribution in [0.1, 0.15) is 10.4 Å². The van der Waals surface area contributed by atoms with Crippen LogP contribution in [0.3, 0.4) is 0 Å². The average molecular weight is 465 g/mol. The minimum atomic E-state index is -3.88. The Morgan fingerprint density at radius 2 is 1.86 bits per heavy atom. The molecule has 1 amide bonds. The number of rotatable bonds is 9. The molecule has 0 spiro atoms. The number of hydrogen-bond acceptors (Lipinski definition) is 4. The van der Waals surface area contributed by atoms with E-state index < -0.39 is 10.0 Å². The van der Waals surface area contributed by atoms with Gasteiger partial charge >= 0.3 is 0 Å². The lowest BCUT2D eigenvalue weighted by Crippen LogP contribution is -2.31. The third-order valence-electron chi connectivity index (χ3n) is 3.78. The minimum Gasteiger partial charge on any atom is -0.496 e. The first kappa shape index (κ1) is 21.7. The van der Waals surface area contributed by atoms with Crippen molar-refractivity contribution in [1.82, 2.24) is 4.90 Å². The fourth-order valence-corrected chi connectivity index (χ4v) is 4.11. The van der Waals surface area contributed by atoms with Gasteiger partial charge in [0.1, 0.15) is 5.75 Å². The van der Waals surface area contributed by atoms with Crippen molar-refractivity contribution in [3.05, 3.63) is 77.8 Å². The van der Waals surface area contributed by atoms with E-state index in [4.69, 9.17) is 4.74 Å². The summed E-state index contributed by atoms with van der Waals surface area (Å²) in [6, 6.07) is 10.7. The monoisotopic (exact) mass is 464 g/mol. The van der Waals surface area contributed by atoms with Gasteiger partial charge < -0.3 is 9.64 Å². The van der Waals surface area contributed by atoms with Gasteiger partial charge in [-0.1, -0.05) is 18.2 Å². The second-order valence-corrected chi connectivity index (χ2v) is 8.31. The third-order valence-corrected chi connectivity index (χ3v) is 5.78. The minimum absolute atomic E-state index is 0.0116. The van der Waals surface area contributed by atoms with E-state index in [1.54, 1.807) is 36.4 Å². The van der Waals surface area contributed by atoms with Crippen molar-refractivity contribution in [2.75, 3.05) is 24.9 Å². The molecular formula is C20H21BrN2O4S. The van der Waals surface area contributed by atoms with Gasteiger partial charge in [-0.15, -0.1) is 13.2 Å². The second kappa shape index (κ2) is 9.57. The van der Waals surface area contributed by atoms with Gasteiger partial charge in [0.15, 0.2) is 0 Å². The SMILES string of the molecule is C=CCN(CC=C)C(=O)c1cccc(S(=O)(=O)Nc2ccc(OC)c(Br)c2)c1. The van der Waals surface area contributed by atoms with Gasteiger partial charge in [0.2, 0.25) is 0 Å². The smallest absolute Gasteiger partial charge is 0.261 e. The van der Waals surface area contributed by atoms with Crippen molar-refractivity contribution in [2.24, 2.45) is 0 Å². The molecule has 0 bridgehead atoms. The largest absolute Gasteiger partial charge is 0.496 e. The Morgan fingerprint density at radius 1 is 1.18 bits per heavy atom. The molecule has 1 N–H and O–H groups in total. The van der Waals surface area contributed by atoms with Crippen LogP contribution in [0.25, 0.3) is 0 Å². The maximum Gasteiger partial charge on any atom is 0.261 e. The number of anilines is 1. The van der Waals surface area contributed by atoms with E-state index >= 15 is 0 Å². The molecule has 8 heteroatoms. The van der Waals surface area contributed by atoms with Crippen LogP contribution in [0, 0.1) is 0 Å². The van der Waals surface area contributed by atoms with Crippen LogP contribution in [0.15, 0.2) is 77.1 Å². The van der Waals surface area contributed by atoms with Crippen LogP contribution in [0.4, 0.5) is 5.69 Å². The van der Waals surface area contributed by atoms with Crippen LogP contribution in [0.5, 0.6) is 5.75 Å². The molecule has 0 saturated carbocycles. The van der Waals surface area contributed by atoms with Gasteiger partial charge in [-0.25, -0.2) is 8.42 Å². The zero-order chi connectivity index (χ0) is 20.7. The molecule has 0 unspecified atom stereocenters. The summed E-state index contributed by atoms with van der Waals surface area (Å²) in [4.78, 5) is 14.2. The van der Waals surface area contributed by atoms with Crippen molar-refractivity contribution in [3.63, 3.8) is 0 Å². The molecule has 0 heterocycles. The first-order chi connectivity index (χ1) is 13.3. The summed E-state index contributed by atoms with van der Waals surface area (Å²) in [6.07, 6.45) is 3.20. The number of amides is 1. The summed E-state index contributed by atoms with van der Waals surface area (Å²) in [5, 5.41) is 0. The number of sulfonamides is 1. The Labute approximate surface area is 173 Å². The average Bonchev–Trinajstić information content (AvgIpc) is 2.67. The molecule has 0 radical (unpaired) electrons. The molecule has 148 valence electrons. The number of halogens is 1. The molecule has 0 aliphatic heterocycles. The number of carbonyl (C=O) groups excluding carboxylic acids is 1. The molecule has 2 aromatic rings. The molecular weight excluding hydrogens is 444 g/mol. The standard InChI is InChI=1S/C20H21BrN2O4S/c1-4-11-23(12-5-2)20(24)15-7-6-8-17(13-15)28(25,26)22-16-9-10-19(27-3)18(21)14-16/h4-10,13-14,22H,1-2,11-12H2,3H3. The number of nitrogens with one attached hydrogen (secondary N) is 1. The van der Waals surface area contributed by atoms with E-state index in [1.807, 2.05) is 0 Å². The fourth-order valence-electron chi connectivity index (χ4n) is 2.47. The van der Waals surface area contributed by atoms with Crippen LogP contribution < -0.4 is 9.46 Å². The van der Waals surface area contributed by atoms with Gasteiger partial charge in [0.25, 0.3) is 15.9 Å². The number of benzene rings is 2. The third kappa shape index (κ3) is 5.24. The molecule has 0 saturated heterocycles. The van der Waals surface area contributed by atoms with Crippen LogP contribution in [-0.4, -0.2) is 39.4 Å². The van der Waals surface area contributed by atoms with E-state index in [0.717, 1.165) is 0 Å². The highest BCUT2D eigenvalue weighted by Crippen LogP contribution is 2.29. The highest BCUT2D eigenvalue weighted by atomic mass is 79.9. The van der Waals surface area contributed by atoms with Crippen molar-refractivity contribution in [1.29, 1.82) is 0 Å². The van der Waals surface area contributed by atoms with Crippen LogP contribution in [0.2, 0.25) is 0 Å². The second-order valence-electron chi connectivity index (χ2n) is 5.77. The fraction of sp³-hybridized carbons (Fsp3) is 0.150. The van der Waals surface area contributed by atoms with Crippen LogP contribution >= 0.6 is 15.9 Å². The Kier molecular flexibility index (Phi) is 7.42. The summed E-state index contributed by atoms with van der Waals surface area (Å²) in [5.74, 6) is 0.282. The number of methoxy groups -OCH3 is 1. The molecule has 28 heavy (non-hydrogen) atoms. The highest BCUT2D eigenvalue weighted by Gasteiger charge is 2.19. The molecule has 2 rings (SSSR count). The topological polar surface area (TPSA) is 75.7 Å². The van der Waals surface area contributed by atoms with Crippen molar-refractivity contribution in [2.45, 2.75) is 4.90 Å². The Hall–Kier alpha value is -2.58. The van der Waals surface area contributed by atoms with E-state index in [9.17, 15) is 13.2 Å². The maximum atomic E-state index is 12.7. The molecule has 0 aromatic heterocycles. The normalized spacial score (nSPS) is 10.8. The van der Waals surface area contributed by atoms with E-state index in [-0.39, 0.29) is 16.4 Å². The predicted molar refractivity (Wildman–Crippen MR) is 114 cm³/mol. The molecule has 0 fully saturated rings. The number of hydrogen-bond donors (Lipinski definition) is 1. The molecule has 0 atom stereocenters. The van der Waals surface area contributed by atoms with Crippen molar-refractivity contribution < 1.29 is 17.9 Å². The number of carbonyl (C=O) groups is 1. The lowest BCUT2D eigenvalue weighted by atomic mass is 10.2. The number of nitrogens with zero attached hydrogens (tertiary/aromatic N) is 1. The van der Waals surface area contributed by atoms with Gasteiger partial charge in [0, 0.05) is 18.7 Å². The molecule has 0 aliphatic carbocycles. The van der Waals surface area contributed by atoms with Gasteiger partial charge in [-0.2, -0.15) is 0 Å². The first-order valence-corrected chi connectivity index (χ1v) is 10.6. The highest BCUT2D eigenvalue weighted by molar-refractivity contribution is 9.10. The van der Waals surface area contributed by atoms with Gasteiger partial charge in [0.05, 0.1) is 22.2 Å². The number of ether oxygens (including phenoxy) is 1. The molecule has 2 aromatic carbocycles. The van der Waals surface area contributed by atoms with Crippen molar-refractivity contribution in [3.8, 4) is 5.75 Å². The maximum absolute atomic E-state index is 12.7. The van der Waals surface area contributed by atoms with E-state index in [1.165, 1.54) is 30.2 Å². The van der Waals surface area contributed by atoms with E-state index in [2.05, 4.69) is 33.8 Å². The summed E-state index contributed by atoms with van der Waals surface area (Å²) < 4.78 is 33.8. The summed E-state index contributed by atoms with van der Waals surface area (Å²) in [7, 11) is -2.36. The first-order valence-electron chi connectivity index (χ1n) is 8.30. The van der Waals surface area contributed by atoms with Crippen molar-refractivity contribution >= 4 is 37.5 Å². The summed E-state index contributed by atoms with van der Waals surface area (Å²) in [6.45, 7) is 7.94. The lowest BCUT2D eigenvalue weighted by molar-refractivity contribution is 0.0790. The molecule has 6 nitrogen and oxygen atoms in total.